The van der Waals surface area contributed by atoms with E-state index >= 15 is 0 Å². The van der Waals surface area contributed by atoms with Gasteiger partial charge >= 0.3 is 0 Å². The van der Waals surface area contributed by atoms with Crippen LogP contribution in [-0.2, 0) is 23.4 Å². The minimum atomic E-state index is -3.24. The highest BCUT2D eigenvalue weighted by atomic mass is 32.2. The molecule has 0 aromatic carbocycles. The maximum atomic E-state index is 11.2. The molecule has 0 amide bonds. The number of anilines is 1. The second-order valence-corrected chi connectivity index (χ2v) is 6.00. The van der Waals surface area contributed by atoms with Crippen LogP contribution in [0.1, 0.15) is 5.56 Å². The molecule has 2 aromatic heterocycles. The quantitative estimate of drug-likeness (QED) is 0.887. The van der Waals surface area contributed by atoms with Crippen molar-refractivity contribution < 1.29 is 8.42 Å². The number of sulfone groups is 1. The maximum absolute atomic E-state index is 11.2. The summed E-state index contributed by atoms with van der Waals surface area (Å²) in [5.74, 6) is 0. The Morgan fingerprint density at radius 2 is 2.11 bits per heavy atom. The first kappa shape index (κ1) is 12.6. The number of aryl methyl sites for hydroxylation is 1. The molecular weight excluding hydrogens is 252 g/mol. The van der Waals surface area contributed by atoms with E-state index in [4.69, 9.17) is 0 Å². The van der Waals surface area contributed by atoms with Crippen LogP contribution in [0.2, 0.25) is 0 Å². The zero-order chi connectivity index (χ0) is 13.2. The summed E-state index contributed by atoms with van der Waals surface area (Å²) in [6.07, 6.45) is 6.32. The normalized spacial score (nSPS) is 11.4. The van der Waals surface area contributed by atoms with Crippen LogP contribution in [0, 0.1) is 0 Å². The lowest BCUT2D eigenvalue weighted by Crippen LogP contribution is -2.02. The fourth-order valence-electron chi connectivity index (χ4n) is 1.47. The molecule has 0 unspecified atom stereocenters. The van der Waals surface area contributed by atoms with E-state index < -0.39 is 9.84 Å². The topological polar surface area (TPSA) is 76.9 Å². The van der Waals surface area contributed by atoms with Crippen molar-refractivity contribution in [2.75, 3.05) is 11.6 Å². The van der Waals surface area contributed by atoms with Gasteiger partial charge in [-0.15, -0.1) is 0 Å². The maximum Gasteiger partial charge on any atom is 0.192 e. The molecule has 0 spiro atoms. The molecule has 0 saturated carbocycles. The third-order valence-electron chi connectivity index (χ3n) is 2.37. The highest BCUT2D eigenvalue weighted by Crippen LogP contribution is 2.11. The van der Waals surface area contributed by atoms with Crippen LogP contribution in [0.15, 0.2) is 35.7 Å². The Balaban J connectivity index is 2.03. The largest absolute Gasteiger partial charge is 0.380 e. The van der Waals surface area contributed by atoms with Crippen LogP contribution < -0.4 is 5.32 Å². The fraction of sp³-hybridized carbons (Fsp3) is 0.273. The van der Waals surface area contributed by atoms with Gasteiger partial charge in [-0.1, -0.05) is 0 Å². The summed E-state index contributed by atoms with van der Waals surface area (Å²) in [4.78, 5) is 3.90. The van der Waals surface area contributed by atoms with E-state index in [0.29, 0.717) is 6.54 Å². The molecule has 0 bridgehead atoms. The van der Waals surface area contributed by atoms with Gasteiger partial charge in [0.15, 0.2) is 14.9 Å². The van der Waals surface area contributed by atoms with Crippen molar-refractivity contribution in [3.8, 4) is 0 Å². The van der Waals surface area contributed by atoms with E-state index in [0.717, 1.165) is 17.5 Å². The molecule has 18 heavy (non-hydrogen) atoms. The summed E-state index contributed by atoms with van der Waals surface area (Å²) in [6, 6.07) is 3.18. The number of aromatic nitrogens is 3. The molecule has 6 nitrogen and oxygen atoms in total. The van der Waals surface area contributed by atoms with Gasteiger partial charge < -0.3 is 5.32 Å². The Kier molecular flexibility index (Phi) is 3.33. The van der Waals surface area contributed by atoms with Gasteiger partial charge in [0, 0.05) is 31.6 Å². The van der Waals surface area contributed by atoms with E-state index in [1.54, 1.807) is 16.9 Å². The molecule has 0 fully saturated rings. The predicted octanol–water partition coefficient (Wildman–Crippen LogP) is 0.831. The van der Waals surface area contributed by atoms with E-state index in [9.17, 15) is 8.42 Å². The van der Waals surface area contributed by atoms with Crippen molar-refractivity contribution >= 4 is 15.5 Å². The molecule has 0 atom stereocenters. The molecular formula is C11H14N4O2S. The number of nitrogens with zero attached hydrogens (tertiary/aromatic N) is 3. The number of hydrogen-bond donors (Lipinski definition) is 1. The molecule has 1 N–H and O–H groups in total. The molecule has 2 heterocycles. The van der Waals surface area contributed by atoms with Crippen molar-refractivity contribution in [3.63, 3.8) is 0 Å². The van der Waals surface area contributed by atoms with Crippen LogP contribution >= 0.6 is 0 Å². The summed E-state index contributed by atoms with van der Waals surface area (Å²) in [7, 11) is -1.38. The summed E-state index contributed by atoms with van der Waals surface area (Å²) < 4.78 is 24.2. The first-order chi connectivity index (χ1) is 8.45. The Labute approximate surface area is 106 Å². The molecule has 0 aliphatic rings. The van der Waals surface area contributed by atoms with Gasteiger partial charge in [-0.25, -0.2) is 13.4 Å². The van der Waals surface area contributed by atoms with Crippen molar-refractivity contribution in [1.29, 1.82) is 0 Å². The average Bonchev–Trinajstić information content (AvgIpc) is 2.72. The van der Waals surface area contributed by atoms with Crippen molar-refractivity contribution in [2.45, 2.75) is 11.6 Å². The monoisotopic (exact) mass is 266 g/mol. The molecule has 7 heteroatoms. The van der Waals surface area contributed by atoms with Gasteiger partial charge in [-0.05, 0) is 12.1 Å². The summed E-state index contributed by atoms with van der Waals surface area (Å²) >= 11 is 0. The molecule has 0 aliphatic carbocycles. The van der Waals surface area contributed by atoms with Gasteiger partial charge in [0.25, 0.3) is 0 Å². The van der Waals surface area contributed by atoms with Crippen molar-refractivity contribution in [1.82, 2.24) is 14.8 Å². The van der Waals surface area contributed by atoms with Gasteiger partial charge in [-0.2, -0.15) is 5.10 Å². The van der Waals surface area contributed by atoms with Gasteiger partial charge in [0.05, 0.1) is 18.1 Å². The number of pyridine rings is 1. The van der Waals surface area contributed by atoms with E-state index in [2.05, 4.69) is 15.4 Å². The number of nitrogens with one attached hydrogen (secondary N) is 1. The smallest absolute Gasteiger partial charge is 0.192 e. The van der Waals surface area contributed by atoms with Crippen LogP contribution in [0.25, 0.3) is 0 Å². The van der Waals surface area contributed by atoms with E-state index in [1.165, 1.54) is 12.3 Å². The first-order valence-electron chi connectivity index (χ1n) is 5.32. The van der Waals surface area contributed by atoms with Gasteiger partial charge in [0.1, 0.15) is 0 Å². The first-order valence-corrected chi connectivity index (χ1v) is 7.22. The SMILES string of the molecule is Cn1cc(CNc2ccc(S(C)(=O)=O)nc2)cn1. The lowest BCUT2D eigenvalue weighted by molar-refractivity contribution is 0.598. The standard InChI is InChI=1S/C11H14N4O2S/c1-15-8-9(6-14-15)5-12-10-3-4-11(13-7-10)18(2,16)17/h3-4,6-8,12H,5H2,1-2H3. The zero-order valence-corrected chi connectivity index (χ0v) is 11.0. The van der Waals surface area contributed by atoms with Gasteiger partial charge in [0.2, 0.25) is 0 Å². The Morgan fingerprint density at radius 3 is 2.61 bits per heavy atom. The van der Waals surface area contributed by atoms with Gasteiger partial charge in [-0.3, -0.25) is 4.68 Å². The number of hydrogen-bond acceptors (Lipinski definition) is 5. The molecule has 0 aliphatic heterocycles. The average molecular weight is 266 g/mol. The predicted molar refractivity (Wildman–Crippen MR) is 67.9 cm³/mol. The Bertz CT molecular complexity index is 631. The van der Waals surface area contributed by atoms with Crippen molar-refractivity contribution in [2.24, 2.45) is 7.05 Å². The third-order valence-corrected chi connectivity index (χ3v) is 3.37. The number of rotatable bonds is 4. The van der Waals surface area contributed by atoms with Crippen LogP contribution in [-0.4, -0.2) is 29.4 Å². The molecule has 2 rings (SSSR count). The lowest BCUT2D eigenvalue weighted by atomic mass is 10.3. The summed E-state index contributed by atoms with van der Waals surface area (Å²) in [5.41, 5.74) is 1.82. The second kappa shape index (κ2) is 4.77. The van der Waals surface area contributed by atoms with Crippen LogP contribution in [0.5, 0.6) is 0 Å². The van der Waals surface area contributed by atoms with Crippen LogP contribution in [0.4, 0.5) is 5.69 Å². The lowest BCUT2D eigenvalue weighted by Gasteiger charge is -2.04. The molecule has 2 aromatic rings. The third kappa shape index (κ3) is 3.07. The molecule has 0 radical (unpaired) electrons. The highest BCUT2D eigenvalue weighted by molar-refractivity contribution is 7.90. The summed E-state index contributed by atoms with van der Waals surface area (Å²) in [5, 5.41) is 7.28. The fourth-order valence-corrected chi connectivity index (χ4v) is 2.03. The Morgan fingerprint density at radius 1 is 1.33 bits per heavy atom. The van der Waals surface area contributed by atoms with E-state index in [1.807, 2.05) is 13.2 Å². The minimum absolute atomic E-state index is 0.0782. The Hall–Kier alpha value is -1.89. The van der Waals surface area contributed by atoms with E-state index in [-0.39, 0.29) is 5.03 Å². The second-order valence-electron chi connectivity index (χ2n) is 4.03. The molecule has 96 valence electrons. The zero-order valence-electron chi connectivity index (χ0n) is 10.2. The summed E-state index contributed by atoms with van der Waals surface area (Å²) in [6.45, 7) is 0.619. The highest BCUT2D eigenvalue weighted by Gasteiger charge is 2.07. The van der Waals surface area contributed by atoms with Crippen LogP contribution in [0.3, 0.4) is 0 Å². The van der Waals surface area contributed by atoms with Crippen molar-refractivity contribution in [3.05, 3.63) is 36.3 Å². The molecule has 0 saturated heterocycles. The minimum Gasteiger partial charge on any atom is -0.380 e.